The Morgan fingerprint density at radius 2 is 1.79 bits per heavy atom. The number of ether oxygens (including phenoxy) is 1. The highest BCUT2D eigenvalue weighted by Crippen LogP contribution is 2.20. The molecule has 0 aliphatic carbocycles. The van der Waals surface area contributed by atoms with Crippen molar-refractivity contribution in [3.05, 3.63) is 82.4 Å². The summed E-state index contributed by atoms with van der Waals surface area (Å²) in [6, 6.07) is 18.6. The van der Waals surface area contributed by atoms with E-state index in [2.05, 4.69) is 15.3 Å². The normalized spacial score (nSPS) is 11.1. The van der Waals surface area contributed by atoms with E-state index in [1.165, 1.54) is 0 Å². The molecule has 1 heterocycles. The summed E-state index contributed by atoms with van der Waals surface area (Å²) in [5.41, 5.74) is 1.39. The van der Waals surface area contributed by atoms with E-state index >= 15 is 0 Å². The molecular weight excluding hydrogens is 354 g/mol. The van der Waals surface area contributed by atoms with Crippen molar-refractivity contribution >= 4 is 5.91 Å². The predicted octanol–water partition coefficient (Wildman–Crippen LogP) is 3.20. The van der Waals surface area contributed by atoms with Crippen LogP contribution >= 0.6 is 0 Å². The van der Waals surface area contributed by atoms with Gasteiger partial charge in [0.05, 0.1) is 12.8 Å². The highest BCUT2D eigenvalue weighted by atomic mass is 16.5. The molecule has 0 aliphatic heterocycles. The van der Waals surface area contributed by atoms with E-state index in [0.29, 0.717) is 17.9 Å². The number of aromatic amines is 1. The smallest absolute Gasteiger partial charge is 0.346 e. The van der Waals surface area contributed by atoms with Crippen LogP contribution in [0.15, 0.2) is 65.5 Å². The Labute approximate surface area is 163 Å². The average molecular weight is 377 g/mol. The number of hydrogen-bond donors (Lipinski definition) is 2. The summed E-state index contributed by atoms with van der Waals surface area (Å²) >= 11 is 0. The first-order valence-corrected chi connectivity index (χ1v) is 8.98. The van der Waals surface area contributed by atoms with Gasteiger partial charge in [-0.3, -0.25) is 4.79 Å². The van der Waals surface area contributed by atoms with Crippen molar-refractivity contribution in [2.75, 3.05) is 7.11 Å². The molecule has 0 aliphatic rings. The molecule has 3 rings (SSSR count). The summed E-state index contributed by atoms with van der Waals surface area (Å²) in [4.78, 5) is 31.3. The maximum atomic E-state index is 12.8. The van der Waals surface area contributed by atoms with Gasteiger partial charge in [0, 0.05) is 11.1 Å². The summed E-state index contributed by atoms with van der Waals surface area (Å²) < 4.78 is 5.14. The zero-order valence-electron chi connectivity index (χ0n) is 16.2. The van der Waals surface area contributed by atoms with Crippen LogP contribution in [0.4, 0.5) is 0 Å². The Hall–Kier alpha value is -3.41. The standard InChI is InChI=1S/C22H23N3O3/c1-22(2,14-15-7-5-4-6-8-15)25-20(26)19-13-18(23-21(27)24-19)16-9-11-17(28-3)12-10-16/h4-13H,14H2,1-3H3,(H,25,26)(H,23,24,27). The molecule has 28 heavy (non-hydrogen) atoms. The van der Waals surface area contributed by atoms with Crippen molar-refractivity contribution in [3.63, 3.8) is 0 Å². The number of methoxy groups -OCH3 is 1. The van der Waals surface area contributed by atoms with Gasteiger partial charge in [0.2, 0.25) is 0 Å². The molecule has 1 aromatic heterocycles. The van der Waals surface area contributed by atoms with Crippen molar-refractivity contribution in [1.29, 1.82) is 0 Å². The number of nitrogens with zero attached hydrogens (tertiary/aromatic N) is 1. The van der Waals surface area contributed by atoms with E-state index in [1.807, 2.05) is 44.2 Å². The minimum Gasteiger partial charge on any atom is -0.497 e. The number of H-pyrrole nitrogens is 1. The fraction of sp³-hybridized carbons (Fsp3) is 0.227. The molecule has 0 fully saturated rings. The minimum absolute atomic E-state index is 0.173. The second kappa shape index (κ2) is 8.08. The lowest BCUT2D eigenvalue weighted by Crippen LogP contribution is -2.45. The van der Waals surface area contributed by atoms with Gasteiger partial charge in [-0.05, 0) is 56.2 Å². The average Bonchev–Trinajstić information content (AvgIpc) is 2.67. The fourth-order valence-electron chi connectivity index (χ4n) is 3.01. The van der Waals surface area contributed by atoms with Gasteiger partial charge in [-0.2, -0.15) is 4.98 Å². The van der Waals surface area contributed by atoms with Crippen molar-refractivity contribution in [2.24, 2.45) is 0 Å². The molecule has 0 saturated heterocycles. The first-order chi connectivity index (χ1) is 13.4. The maximum absolute atomic E-state index is 12.8. The molecule has 0 spiro atoms. The van der Waals surface area contributed by atoms with Gasteiger partial charge >= 0.3 is 5.69 Å². The van der Waals surface area contributed by atoms with Crippen LogP contribution in [0.5, 0.6) is 5.75 Å². The van der Waals surface area contributed by atoms with Crippen LogP contribution in [0.2, 0.25) is 0 Å². The summed E-state index contributed by atoms with van der Waals surface area (Å²) in [5, 5.41) is 2.99. The van der Waals surface area contributed by atoms with Crippen LogP contribution in [0.1, 0.15) is 29.9 Å². The molecule has 0 bridgehead atoms. The number of carbonyl (C=O) groups excluding carboxylic acids is 1. The van der Waals surface area contributed by atoms with Gasteiger partial charge in [-0.15, -0.1) is 0 Å². The molecule has 0 atom stereocenters. The van der Waals surface area contributed by atoms with Crippen LogP contribution in [0.25, 0.3) is 11.3 Å². The molecular formula is C22H23N3O3. The topological polar surface area (TPSA) is 84.1 Å². The highest BCUT2D eigenvalue weighted by Gasteiger charge is 2.22. The van der Waals surface area contributed by atoms with Crippen LogP contribution in [-0.2, 0) is 6.42 Å². The molecule has 1 amide bonds. The Bertz CT molecular complexity index is 1010. The van der Waals surface area contributed by atoms with Crippen LogP contribution in [0.3, 0.4) is 0 Å². The Morgan fingerprint density at radius 3 is 2.43 bits per heavy atom. The van der Waals surface area contributed by atoms with Gasteiger partial charge in [-0.25, -0.2) is 4.79 Å². The van der Waals surface area contributed by atoms with Gasteiger partial charge in [0.25, 0.3) is 5.91 Å². The Kier molecular flexibility index (Phi) is 5.59. The zero-order chi connectivity index (χ0) is 20.1. The van der Waals surface area contributed by atoms with E-state index in [9.17, 15) is 9.59 Å². The van der Waals surface area contributed by atoms with E-state index in [4.69, 9.17) is 4.74 Å². The number of rotatable bonds is 6. The lowest BCUT2D eigenvalue weighted by Gasteiger charge is -2.26. The maximum Gasteiger partial charge on any atom is 0.346 e. The largest absolute Gasteiger partial charge is 0.497 e. The lowest BCUT2D eigenvalue weighted by atomic mass is 9.94. The number of carbonyl (C=O) groups is 1. The number of aromatic nitrogens is 2. The Balaban J connectivity index is 1.81. The third-order valence-corrected chi connectivity index (χ3v) is 4.32. The third kappa shape index (κ3) is 4.85. The zero-order valence-corrected chi connectivity index (χ0v) is 16.2. The number of hydrogen-bond acceptors (Lipinski definition) is 4. The first kappa shape index (κ1) is 19.4. The second-order valence-corrected chi connectivity index (χ2v) is 7.21. The molecule has 6 nitrogen and oxygen atoms in total. The molecule has 2 N–H and O–H groups in total. The van der Waals surface area contributed by atoms with E-state index in [0.717, 1.165) is 11.1 Å². The fourth-order valence-corrected chi connectivity index (χ4v) is 3.01. The third-order valence-electron chi connectivity index (χ3n) is 4.32. The number of nitrogens with one attached hydrogen (secondary N) is 2. The van der Waals surface area contributed by atoms with Gasteiger partial charge < -0.3 is 15.0 Å². The van der Waals surface area contributed by atoms with Crippen molar-refractivity contribution in [2.45, 2.75) is 25.8 Å². The van der Waals surface area contributed by atoms with Crippen molar-refractivity contribution in [3.8, 4) is 17.0 Å². The quantitative estimate of drug-likeness (QED) is 0.691. The first-order valence-electron chi connectivity index (χ1n) is 8.98. The van der Waals surface area contributed by atoms with Gasteiger partial charge in [-0.1, -0.05) is 30.3 Å². The van der Waals surface area contributed by atoms with E-state index < -0.39 is 11.2 Å². The SMILES string of the molecule is COc1ccc(-c2cc(C(=O)NC(C)(C)Cc3ccccc3)[nH]c(=O)n2)cc1. The van der Waals surface area contributed by atoms with Crippen LogP contribution in [0, 0.1) is 0 Å². The summed E-state index contributed by atoms with van der Waals surface area (Å²) in [6.07, 6.45) is 0.667. The number of amides is 1. The molecule has 0 radical (unpaired) electrons. The molecule has 2 aromatic carbocycles. The van der Waals surface area contributed by atoms with Crippen LogP contribution < -0.4 is 15.7 Å². The predicted molar refractivity (Wildman–Crippen MR) is 109 cm³/mol. The van der Waals surface area contributed by atoms with E-state index in [-0.39, 0.29) is 11.6 Å². The Morgan fingerprint density at radius 1 is 1.11 bits per heavy atom. The molecule has 6 heteroatoms. The summed E-state index contributed by atoms with van der Waals surface area (Å²) in [5.74, 6) is 0.351. The second-order valence-electron chi connectivity index (χ2n) is 7.21. The van der Waals surface area contributed by atoms with Gasteiger partial charge in [0.15, 0.2) is 0 Å². The van der Waals surface area contributed by atoms with E-state index in [1.54, 1.807) is 37.4 Å². The molecule has 3 aromatic rings. The monoisotopic (exact) mass is 377 g/mol. The summed E-state index contributed by atoms with van der Waals surface area (Å²) in [7, 11) is 1.58. The molecule has 0 saturated carbocycles. The minimum atomic E-state index is -0.570. The molecule has 144 valence electrons. The number of benzene rings is 2. The molecule has 0 unspecified atom stereocenters. The van der Waals surface area contributed by atoms with Crippen LogP contribution in [-0.4, -0.2) is 28.5 Å². The van der Waals surface area contributed by atoms with Crippen molar-refractivity contribution in [1.82, 2.24) is 15.3 Å². The van der Waals surface area contributed by atoms with Gasteiger partial charge in [0.1, 0.15) is 11.4 Å². The lowest BCUT2D eigenvalue weighted by molar-refractivity contribution is 0.0907. The highest BCUT2D eigenvalue weighted by molar-refractivity contribution is 5.93. The van der Waals surface area contributed by atoms with Crippen molar-refractivity contribution < 1.29 is 9.53 Å². The summed E-state index contributed by atoms with van der Waals surface area (Å²) in [6.45, 7) is 3.89.